The summed E-state index contributed by atoms with van der Waals surface area (Å²) in [7, 11) is 2.13. The number of alkyl halides is 2. The van der Waals surface area contributed by atoms with E-state index in [0.717, 1.165) is 39.0 Å². The standard InChI is InChI=1S/C18H31F2N3O/c1-14(2)15-4-7-22(13-18(15,19)20)10-16(24)23-8-5-17(6-9-23)11-21(3)12-17/h14-15H,4-13H2,1-3H3. The minimum absolute atomic E-state index is 0.0169. The van der Waals surface area contributed by atoms with E-state index in [1.807, 2.05) is 18.7 Å². The van der Waals surface area contributed by atoms with Crippen molar-refractivity contribution in [2.75, 3.05) is 52.9 Å². The van der Waals surface area contributed by atoms with Gasteiger partial charge in [0.1, 0.15) is 0 Å². The Balaban J connectivity index is 1.48. The highest BCUT2D eigenvalue weighted by Gasteiger charge is 2.47. The van der Waals surface area contributed by atoms with Gasteiger partial charge in [0.15, 0.2) is 0 Å². The number of carbonyl (C=O) groups excluding carboxylic acids is 1. The normalized spacial score (nSPS) is 30.6. The molecule has 0 radical (unpaired) electrons. The van der Waals surface area contributed by atoms with E-state index < -0.39 is 11.8 Å². The first-order chi connectivity index (χ1) is 11.2. The summed E-state index contributed by atoms with van der Waals surface area (Å²) in [5.74, 6) is -3.24. The Morgan fingerprint density at radius 1 is 1.12 bits per heavy atom. The summed E-state index contributed by atoms with van der Waals surface area (Å²) in [5.41, 5.74) is 0.411. The van der Waals surface area contributed by atoms with E-state index in [2.05, 4.69) is 11.9 Å². The van der Waals surface area contributed by atoms with Crippen LogP contribution in [-0.4, -0.2) is 79.4 Å². The molecule has 6 heteroatoms. The van der Waals surface area contributed by atoms with Crippen LogP contribution < -0.4 is 0 Å². The number of likely N-dealkylation sites (tertiary alicyclic amines) is 3. The van der Waals surface area contributed by atoms with Crippen molar-refractivity contribution < 1.29 is 13.6 Å². The number of hydrogen-bond donors (Lipinski definition) is 0. The summed E-state index contributed by atoms with van der Waals surface area (Å²) < 4.78 is 28.6. The van der Waals surface area contributed by atoms with E-state index in [4.69, 9.17) is 0 Å². The molecule has 0 aromatic rings. The molecule has 3 aliphatic heterocycles. The Morgan fingerprint density at radius 3 is 2.25 bits per heavy atom. The van der Waals surface area contributed by atoms with Crippen LogP contribution in [0.25, 0.3) is 0 Å². The quantitative estimate of drug-likeness (QED) is 0.786. The topological polar surface area (TPSA) is 26.8 Å². The first-order valence-corrected chi connectivity index (χ1v) is 9.27. The Morgan fingerprint density at radius 2 is 1.75 bits per heavy atom. The van der Waals surface area contributed by atoms with Crippen molar-refractivity contribution in [1.29, 1.82) is 0 Å². The van der Waals surface area contributed by atoms with E-state index in [1.54, 1.807) is 4.90 Å². The molecular formula is C18H31F2N3O. The fraction of sp³-hybridized carbons (Fsp3) is 0.944. The molecule has 3 aliphatic rings. The SMILES string of the molecule is CC(C)C1CCN(CC(=O)N2CCC3(CC2)CN(C)C3)CC1(F)F. The highest BCUT2D eigenvalue weighted by molar-refractivity contribution is 5.78. The van der Waals surface area contributed by atoms with Gasteiger partial charge in [-0.15, -0.1) is 0 Å². The molecule has 0 aromatic heterocycles. The van der Waals surface area contributed by atoms with Crippen molar-refractivity contribution in [3.8, 4) is 0 Å². The maximum atomic E-state index is 14.3. The molecule has 1 unspecified atom stereocenters. The predicted molar refractivity (Wildman–Crippen MR) is 90.1 cm³/mol. The zero-order chi connectivity index (χ0) is 17.5. The molecule has 0 aromatic carbocycles. The van der Waals surface area contributed by atoms with Crippen LogP contribution >= 0.6 is 0 Å². The van der Waals surface area contributed by atoms with Gasteiger partial charge in [-0.25, -0.2) is 8.78 Å². The number of halogens is 2. The number of rotatable bonds is 3. The smallest absolute Gasteiger partial charge is 0.263 e. The molecule has 0 aliphatic carbocycles. The molecule has 1 spiro atoms. The van der Waals surface area contributed by atoms with Crippen LogP contribution in [0.1, 0.15) is 33.1 Å². The predicted octanol–water partition coefficient (Wildman–Crippen LogP) is 2.15. The number of hydrogen-bond acceptors (Lipinski definition) is 3. The first kappa shape index (κ1) is 18.1. The van der Waals surface area contributed by atoms with Crippen molar-refractivity contribution in [3.63, 3.8) is 0 Å². The fourth-order valence-electron chi connectivity index (χ4n) is 4.92. The molecule has 3 fully saturated rings. The third-order valence-corrected chi connectivity index (χ3v) is 6.28. The van der Waals surface area contributed by atoms with Crippen molar-refractivity contribution in [3.05, 3.63) is 0 Å². The maximum Gasteiger partial charge on any atom is 0.263 e. The van der Waals surface area contributed by atoms with Gasteiger partial charge >= 0.3 is 0 Å². The molecule has 0 N–H and O–H groups in total. The number of carbonyl (C=O) groups is 1. The highest BCUT2D eigenvalue weighted by atomic mass is 19.3. The van der Waals surface area contributed by atoms with Gasteiger partial charge in [-0.1, -0.05) is 13.8 Å². The van der Waals surface area contributed by atoms with Gasteiger partial charge in [0, 0.05) is 32.1 Å². The van der Waals surface area contributed by atoms with Crippen molar-refractivity contribution >= 4 is 5.91 Å². The van der Waals surface area contributed by atoms with Crippen molar-refractivity contribution in [2.45, 2.75) is 39.0 Å². The van der Waals surface area contributed by atoms with Crippen LogP contribution in [0.3, 0.4) is 0 Å². The number of piperidine rings is 2. The molecule has 0 bridgehead atoms. The van der Waals surface area contributed by atoms with E-state index >= 15 is 0 Å². The van der Waals surface area contributed by atoms with Gasteiger partial charge < -0.3 is 9.80 Å². The van der Waals surface area contributed by atoms with Crippen LogP contribution in [-0.2, 0) is 4.79 Å². The molecule has 3 heterocycles. The minimum atomic E-state index is -2.69. The lowest BCUT2D eigenvalue weighted by molar-refractivity contribution is -0.146. The van der Waals surface area contributed by atoms with Crippen LogP contribution in [0.2, 0.25) is 0 Å². The molecule has 3 saturated heterocycles. The summed E-state index contributed by atoms with van der Waals surface area (Å²) in [6, 6.07) is 0. The van der Waals surface area contributed by atoms with E-state index in [1.165, 1.54) is 0 Å². The van der Waals surface area contributed by atoms with Gasteiger partial charge in [0.2, 0.25) is 5.91 Å². The zero-order valence-electron chi connectivity index (χ0n) is 15.2. The molecule has 1 amide bonds. The van der Waals surface area contributed by atoms with Gasteiger partial charge in [-0.05, 0) is 44.2 Å². The molecule has 0 saturated carbocycles. The van der Waals surface area contributed by atoms with E-state index in [-0.39, 0.29) is 24.9 Å². The van der Waals surface area contributed by atoms with Crippen LogP contribution in [0.5, 0.6) is 0 Å². The first-order valence-electron chi connectivity index (χ1n) is 9.27. The second kappa shape index (κ2) is 6.52. The minimum Gasteiger partial charge on any atom is -0.342 e. The molecule has 3 rings (SSSR count). The largest absolute Gasteiger partial charge is 0.342 e. The summed E-state index contributed by atoms with van der Waals surface area (Å²) >= 11 is 0. The molecular weight excluding hydrogens is 312 g/mol. The van der Waals surface area contributed by atoms with Gasteiger partial charge in [-0.2, -0.15) is 0 Å². The van der Waals surface area contributed by atoms with Gasteiger partial charge in [0.25, 0.3) is 5.92 Å². The maximum absolute atomic E-state index is 14.3. The van der Waals surface area contributed by atoms with Gasteiger partial charge in [-0.3, -0.25) is 9.69 Å². The fourth-order valence-corrected chi connectivity index (χ4v) is 4.92. The number of amides is 1. The Hall–Kier alpha value is -0.750. The lowest BCUT2D eigenvalue weighted by Gasteiger charge is -2.53. The van der Waals surface area contributed by atoms with Gasteiger partial charge in [0.05, 0.1) is 13.1 Å². The van der Waals surface area contributed by atoms with Crippen LogP contribution in [0, 0.1) is 17.3 Å². The Kier molecular flexibility index (Phi) is 4.91. The second-order valence-corrected chi connectivity index (χ2v) is 8.66. The average Bonchev–Trinajstić information content (AvgIpc) is 2.45. The summed E-state index contributed by atoms with van der Waals surface area (Å²) in [4.78, 5) is 18.4. The zero-order valence-corrected chi connectivity index (χ0v) is 15.2. The van der Waals surface area contributed by atoms with Crippen LogP contribution in [0.15, 0.2) is 0 Å². The van der Waals surface area contributed by atoms with Crippen molar-refractivity contribution in [2.24, 2.45) is 17.3 Å². The van der Waals surface area contributed by atoms with Crippen molar-refractivity contribution in [1.82, 2.24) is 14.7 Å². The lowest BCUT2D eigenvalue weighted by atomic mass is 9.72. The molecule has 24 heavy (non-hydrogen) atoms. The highest BCUT2D eigenvalue weighted by Crippen LogP contribution is 2.40. The molecule has 4 nitrogen and oxygen atoms in total. The Labute approximate surface area is 144 Å². The Bertz CT molecular complexity index is 467. The summed E-state index contributed by atoms with van der Waals surface area (Å²) in [6.45, 7) is 8.02. The van der Waals surface area contributed by atoms with E-state index in [0.29, 0.717) is 18.4 Å². The lowest BCUT2D eigenvalue weighted by Crippen LogP contribution is -2.60. The summed E-state index contributed by atoms with van der Waals surface area (Å²) in [5, 5.41) is 0. The monoisotopic (exact) mass is 343 g/mol. The average molecular weight is 343 g/mol. The van der Waals surface area contributed by atoms with Crippen LogP contribution in [0.4, 0.5) is 8.78 Å². The second-order valence-electron chi connectivity index (χ2n) is 8.66. The molecule has 1 atom stereocenters. The molecule has 138 valence electrons. The third kappa shape index (κ3) is 3.59. The number of nitrogens with zero attached hydrogens (tertiary/aromatic N) is 3. The van der Waals surface area contributed by atoms with E-state index in [9.17, 15) is 13.6 Å². The summed E-state index contributed by atoms with van der Waals surface area (Å²) in [6.07, 6.45) is 2.58. The third-order valence-electron chi connectivity index (χ3n) is 6.28.